The minimum Gasteiger partial charge on any atom is -0.407 e. The Labute approximate surface area is 157 Å². The second kappa shape index (κ2) is 8.93. The van der Waals surface area contributed by atoms with Gasteiger partial charge in [-0.2, -0.15) is 5.26 Å². The van der Waals surface area contributed by atoms with Crippen molar-refractivity contribution in [1.82, 2.24) is 0 Å². The number of hydrogen-bond donors (Lipinski definition) is 0. The topological polar surface area (TPSA) is 50.1 Å². The summed E-state index contributed by atoms with van der Waals surface area (Å²) in [6.07, 6.45) is 1.77. The molecule has 2 aromatic carbocycles. The number of hydrogen-bond acceptors (Lipinski definition) is 3. The molecule has 0 atom stereocenters. The minimum atomic E-state index is -2.48. The fourth-order valence-corrected chi connectivity index (χ4v) is 8.04. The molecular weight excluding hydrogens is 338 g/mol. The molecule has 0 spiro atoms. The molecule has 2 rings (SSSR count). The van der Waals surface area contributed by atoms with E-state index in [0.717, 1.165) is 6.42 Å². The third-order valence-electron chi connectivity index (χ3n) is 4.66. The lowest BCUT2D eigenvalue weighted by Gasteiger charge is -2.43. The van der Waals surface area contributed by atoms with Gasteiger partial charge in [0.2, 0.25) is 5.78 Å². The summed E-state index contributed by atoms with van der Waals surface area (Å²) in [7, 11) is -2.48. The average Bonchev–Trinajstić information content (AvgIpc) is 2.65. The van der Waals surface area contributed by atoms with Crippen LogP contribution in [0.25, 0.3) is 0 Å². The summed E-state index contributed by atoms with van der Waals surface area (Å²) in [4.78, 5) is 11.2. The van der Waals surface area contributed by atoms with Crippen LogP contribution in [0.1, 0.15) is 40.0 Å². The highest BCUT2D eigenvalue weighted by Gasteiger charge is 2.49. The molecule has 0 N–H and O–H groups in total. The average molecular weight is 366 g/mol. The van der Waals surface area contributed by atoms with Gasteiger partial charge in [-0.15, -0.1) is 0 Å². The fraction of sp³-hybridized carbons (Fsp3) is 0.364. The van der Waals surface area contributed by atoms with Crippen LogP contribution in [0, 0.1) is 11.3 Å². The van der Waals surface area contributed by atoms with Gasteiger partial charge in [0.25, 0.3) is 8.32 Å². The van der Waals surface area contributed by atoms with E-state index in [-0.39, 0.29) is 10.8 Å². The quantitative estimate of drug-likeness (QED) is 0.406. The molecule has 0 unspecified atom stereocenters. The van der Waals surface area contributed by atoms with Crippen molar-refractivity contribution in [2.24, 2.45) is 0 Å². The molecule has 0 aliphatic heterocycles. The number of benzene rings is 2. The summed E-state index contributed by atoms with van der Waals surface area (Å²) in [5.74, 6) is -0.351. The lowest BCUT2D eigenvalue weighted by Crippen LogP contribution is -2.66. The molecule has 0 saturated heterocycles. The third-order valence-corrected chi connectivity index (χ3v) is 9.70. The Morgan fingerprint density at radius 1 is 0.962 bits per heavy atom. The first-order valence-electron chi connectivity index (χ1n) is 9.10. The van der Waals surface area contributed by atoms with E-state index in [9.17, 15) is 4.79 Å². The van der Waals surface area contributed by atoms with Gasteiger partial charge < -0.3 is 4.43 Å². The number of unbranched alkanes of at least 4 members (excludes halogenated alkanes) is 1. The molecule has 26 heavy (non-hydrogen) atoms. The summed E-state index contributed by atoms with van der Waals surface area (Å²) >= 11 is 0. The van der Waals surface area contributed by atoms with E-state index < -0.39 is 8.32 Å². The Hall–Kier alpha value is -2.22. The molecule has 0 aliphatic rings. The van der Waals surface area contributed by atoms with E-state index in [0.29, 0.717) is 19.4 Å². The molecule has 0 fully saturated rings. The van der Waals surface area contributed by atoms with Crippen molar-refractivity contribution in [2.45, 2.75) is 45.1 Å². The summed E-state index contributed by atoms with van der Waals surface area (Å²) in [6, 6.07) is 22.7. The zero-order valence-corrected chi connectivity index (χ0v) is 16.9. The first kappa shape index (κ1) is 20.1. The summed E-state index contributed by atoms with van der Waals surface area (Å²) in [6.45, 7) is 7.33. The van der Waals surface area contributed by atoms with Crippen molar-refractivity contribution >= 4 is 24.5 Å². The zero-order chi connectivity index (χ0) is 19.0. The Morgan fingerprint density at radius 2 is 1.46 bits per heavy atom. The van der Waals surface area contributed by atoms with Crippen molar-refractivity contribution in [3.8, 4) is 6.07 Å². The fourth-order valence-electron chi connectivity index (χ4n) is 3.43. The van der Waals surface area contributed by atoms with Crippen LogP contribution in [0.3, 0.4) is 0 Å². The van der Waals surface area contributed by atoms with Crippen molar-refractivity contribution in [3.05, 3.63) is 60.7 Å². The maximum absolute atomic E-state index is 11.2. The number of nitriles is 1. The largest absolute Gasteiger partial charge is 0.407 e. The van der Waals surface area contributed by atoms with Gasteiger partial charge >= 0.3 is 0 Å². The van der Waals surface area contributed by atoms with Crippen LogP contribution in [0.15, 0.2) is 60.7 Å². The summed E-state index contributed by atoms with van der Waals surface area (Å²) < 4.78 is 6.73. The first-order valence-corrected chi connectivity index (χ1v) is 11.0. The second-order valence-corrected chi connectivity index (χ2v) is 11.8. The van der Waals surface area contributed by atoms with E-state index in [1.807, 2.05) is 12.1 Å². The van der Waals surface area contributed by atoms with Crippen LogP contribution in [0.4, 0.5) is 0 Å². The number of carbonyl (C=O) groups is 1. The van der Waals surface area contributed by atoms with Gasteiger partial charge in [-0.05, 0) is 28.3 Å². The monoisotopic (exact) mass is 365 g/mol. The van der Waals surface area contributed by atoms with Crippen LogP contribution in [0.2, 0.25) is 5.04 Å². The molecular formula is C22H27NO2Si. The molecule has 0 amide bonds. The number of ketones is 1. The van der Waals surface area contributed by atoms with Gasteiger partial charge in [-0.3, -0.25) is 4.79 Å². The van der Waals surface area contributed by atoms with Gasteiger partial charge in [0.05, 0.1) is 0 Å². The van der Waals surface area contributed by atoms with Crippen LogP contribution < -0.4 is 10.4 Å². The molecule has 2 aromatic rings. The van der Waals surface area contributed by atoms with Gasteiger partial charge in [-0.25, -0.2) is 0 Å². The van der Waals surface area contributed by atoms with Crippen LogP contribution in [-0.2, 0) is 9.22 Å². The Bertz CT molecular complexity index is 706. The maximum atomic E-state index is 11.2. The predicted molar refractivity (Wildman–Crippen MR) is 108 cm³/mol. The number of nitrogens with zero attached hydrogens (tertiary/aromatic N) is 1. The molecule has 3 nitrogen and oxygen atoms in total. The van der Waals surface area contributed by atoms with E-state index in [1.54, 1.807) is 6.07 Å². The lowest BCUT2D eigenvalue weighted by molar-refractivity contribution is -0.114. The molecule has 0 radical (unpaired) electrons. The molecule has 136 valence electrons. The number of carbonyl (C=O) groups excluding carboxylic acids is 1. The second-order valence-electron chi connectivity index (χ2n) is 7.50. The minimum absolute atomic E-state index is 0.0435. The van der Waals surface area contributed by atoms with Gasteiger partial charge in [0, 0.05) is 13.0 Å². The van der Waals surface area contributed by atoms with E-state index >= 15 is 0 Å². The Kier molecular flexibility index (Phi) is 6.90. The van der Waals surface area contributed by atoms with E-state index in [1.165, 1.54) is 10.4 Å². The number of rotatable bonds is 8. The van der Waals surface area contributed by atoms with Crippen molar-refractivity contribution in [2.75, 3.05) is 6.61 Å². The third kappa shape index (κ3) is 4.49. The zero-order valence-electron chi connectivity index (χ0n) is 15.9. The van der Waals surface area contributed by atoms with Crippen LogP contribution >= 0.6 is 0 Å². The Balaban J connectivity index is 2.32. The van der Waals surface area contributed by atoms with Crippen molar-refractivity contribution < 1.29 is 9.22 Å². The van der Waals surface area contributed by atoms with Crippen LogP contribution in [-0.4, -0.2) is 20.7 Å². The van der Waals surface area contributed by atoms with Crippen LogP contribution in [0.5, 0.6) is 0 Å². The maximum Gasteiger partial charge on any atom is 0.261 e. The van der Waals surface area contributed by atoms with Gasteiger partial charge in [0.15, 0.2) is 0 Å². The van der Waals surface area contributed by atoms with Gasteiger partial charge in [0.1, 0.15) is 6.07 Å². The summed E-state index contributed by atoms with van der Waals surface area (Å²) in [5.41, 5.74) is 0. The smallest absolute Gasteiger partial charge is 0.261 e. The standard InChI is InChI=1S/C22H27NO2Si/c1-22(2,3)26(20-13-6-4-7-14-20,21-15-8-5-9-16-21)25-17-11-10-12-19(24)18-23/h4-9,13-16H,10-12,17H2,1-3H3. The molecule has 0 bridgehead atoms. The number of Topliss-reactive ketones (excluding diaryl/α,β-unsaturated/α-hetero) is 1. The van der Waals surface area contributed by atoms with E-state index in [2.05, 4.69) is 69.3 Å². The SMILES string of the molecule is CC(C)(C)[Si](OCCCCC(=O)C#N)(c1ccccc1)c1ccccc1. The summed E-state index contributed by atoms with van der Waals surface area (Å²) in [5, 5.41) is 11.1. The molecule has 0 heterocycles. The van der Waals surface area contributed by atoms with Crippen molar-refractivity contribution in [1.29, 1.82) is 5.26 Å². The van der Waals surface area contributed by atoms with Crippen molar-refractivity contribution in [3.63, 3.8) is 0 Å². The molecule has 0 aromatic heterocycles. The van der Waals surface area contributed by atoms with Gasteiger partial charge in [-0.1, -0.05) is 81.4 Å². The lowest BCUT2D eigenvalue weighted by atomic mass is 10.2. The first-order chi connectivity index (χ1) is 12.4. The molecule has 0 aliphatic carbocycles. The highest BCUT2D eigenvalue weighted by atomic mass is 28.4. The molecule has 0 saturated carbocycles. The predicted octanol–water partition coefficient (Wildman–Crippen LogP) is 3.83. The highest BCUT2D eigenvalue weighted by Crippen LogP contribution is 2.36. The van der Waals surface area contributed by atoms with E-state index in [4.69, 9.17) is 9.69 Å². The molecule has 4 heteroatoms. The normalized spacial score (nSPS) is 11.8. The Morgan fingerprint density at radius 3 is 1.88 bits per heavy atom. The highest BCUT2D eigenvalue weighted by molar-refractivity contribution is 6.99.